The zero-order valence-electron chi connectivity index (χ0n) is 16.2. The Bertz CT molecular complexity index is 1080. The quantitative estimate of drug-likeness (QED) is 0.535. The third-order valence-electron chi connectivity index (χ3n) is 5.27. The van der Waals surface area contributed by atoms with E-state index in [0.29, 0.717) is 31.0 Å². The van der Waals surface area contributed by atoms with Crippen LogP contribution in [0.25, 0.3) is 11.3 Å². The molecule has 0 fully saturated rings. The van der Waals surface area contributed by atoms with Crippen molar-refractivity contribution in [3.05, 3.63) is 64.6 Å². The number of oxazole rings is 1. The second kappa shape index (κ2) is 7.75. The smallest absolute Gasteiger partial charge is 0.416 e. The Morgan fingerprint density at radius 2 is 2.03 bits per heavy atom. The van der Waals surface area contributed by atoms with Gasteiger partial charge in [-0.1, -0.05) is 19.1 Å². The fourth-order valence-corrected chi connectivity index (χ4v) is 3.73. The van der Waals surface area contributed by atoms with E-state index in [1.165, 1.54) is 0 Å². The van der Waals surface area contributed by atoms with Gasteiger partial charge < -0.3 is 14.8 Å². The number of aryl methyl sites for hydroxylation is 2. The number of alkyl halides is 3. The standard InChI is InChI=1S/C22H20F4N2O2/c1-2-18-20(15-9-7-13(10-17(15)23)22(24,25)26)30-21(27-18)28-19-5-3-4-12-6-8-14(29)11-16(12)19/h3-5,7,9-10,14,29H,2,6,8,11H2,1H3,(H,27,28)/t14-/m1/s1. The highest BCUT2D eigenvalue weighted by molar-refractivity contribution is 5.66. The van der Waals surface area contributed by atoms with Crippen molar-refractivity contribution in [1.29, 1.82) is 0 Å². The summed E-state index contributed by atoms with van der Waals surface area (Å²) in [4.78, 5) is 4.35. The van der Waals surface area contributed by atoms with E-state index in [1.807, 2.05) is 18.2 Å². The third kappa shape index (κ3) is 3.92. The van der Waals surface area contributed by atoms with Gasteiger partial charge in [0.05, 0.1) is 22.9 Å². The number of rotatable bonds is 4. The summed E-state index contributed by atoms with van der Waals surface area (Å²) in [6, 6.07) is 8.19. The number of aromatic nitrogens is 1. The maximum atomic E-state index is 14.5. The highest BCUT2D eigenvalue weighted by Gasteiger charge is 2.32. The molecule has 0 spiro atoms. The van der Waals surface area contributed by atoms with Gasteiger partial charge >= 0.3 is 6.18 Å². The molecule has 0 aliphatic heterocycles. The Hall–Kier alpha value is -2.87. The molecule has 0 unspecified atom stereocenters. The maximum absolute atomic E-state index is 14.5. The summed E-state index contributed by atoms with van der Waals surface area (Å²) in [7, 11) is 0. The molecule has 2 N–H and O–H groups in total. The molecule has 4 nitrogen and oxygen atoms in total. The monoisotopic (exact) mass is 420 g/mol. The Morgan fingerprint density at radius 1 is 1.23 bits per heavy atom. The second-order valence-electron chi connectivity index (χ2n) is 7.31. The Morgan fingerprint density at radius 3 is 2.73 bits per heavy atom. The summed E-state index contributed by atoms with van der Waals surface area (Å²) in [5.41, 5.74) is 2.12. The van der Waals surface area contributed by atoms with Crippen LogP contribution in [-0.4, -0.2) is 16.2 Å². The van der Waals surface area contributed by atoms with Crippen LogP contribution in [0.4, 0.5) is 29.3 Å². The summed E-state index contributed by atoms with van der Waals surface area (Å²) >= 11 is 0. The number of nitrogens with one attached hydrogen (secondary N) is 1. The number of aliphatic hydroxyl groups excluding tert-OH is 1. The van der Waals surface area contributed by atoms with Crippen LogP contribution in [0, 0.1) is 5.82 Å². The summed E-state index contributed by atoms with van der Waals surface area (Å²) in [5.74, 6) is -0.932. The van der Waals surface area contributed by atoms with E-state index in [2.05, 4.69) is 10.3 Å². The highest BCUT2D eigenvalue weighted by atomic mass is 19.4. The molecule has 1 atom stereocenters. The van der Waals surface area contributed by atoms with Crippen LogP contribution in [0.3, 0.4) is 0 Å². The molecule has 0 amide bonds. The van der Waals surface area contributed by atoms with Crippen molar-refractivity contribution in [2.75, 3.05) is 5.32 Å². The summed E-state index contributed by atoms with van der Waals surface area (Å²) in [5, 5.41) is 13.1. The van der Waals surface area contributed by atoms with E-state index in [4.69, 9.17) is 4.42 Å². The zero-order chi connectivity index (χ0) is 21.5. The zero-order valence-corrected chi connectivity index (χ0v) is 16.2. The fraction of sp³-hybridized carbons (Fsp3) is 0.318. The number of aliphatic hydroxyl groups is 1. The summed E-state index contributed by atoms with van der Waals surface area (Å²) in [6.45, 7) is 1.80. The van der Waals surface area contributed by atoms with Gasteiger partial charge in [0.1, 0.15) is 5.82 Å². The Balaban J connectivity index is 1.68. The summed E-state index contributed by atoms with van der Waals surface area (Å²) in [6.07, 6.45) is -2.68. The lowest BCUT2D eigenvalue weighted by Gasteiger charge is -2.23. The molecule has 0 saturated carbocycles. The molecule has 8 heteroatoms. The largest absolute Gasteiger partial charge is 0.423 e. The van der Waals surface area contributed by atoms with Crippen molar-refractivity contribution in [2.24, 2.45) is 0 Å². The first-order chi connectivity index (χ1) is 14.3. The topological polar surface area (TPSA) is 58.3 Å². The van der Waals surface area contributed by atoms with E-state index in [0.717, 1.165) is 35.4 Å². The minimum absolute atomic E-state index is 0.0779. The van der Waals surface area contributed by atoms with Crippen LogP contribution in [0.1, 0.15) is 35.7 Å². The molecule has 1 heterocycles. The van der Waals surface area contributed by atoms with Gasteiger partial charge in [0, 0.05) is 12.1 Å². The second-order valence-corrected chi connectivity index (χ2v) is 7.31. The van der Waals surface area contributed by atoms with Gasteiger partial charge in [0.15, 0.2) is 5.76 Å². The van der Waals surface area contributed by atoms with Crippen molar-refractivity contribution < 1.29 is 27.1 Å². The summed E-state index contributed by atoms with van der Waals surface area (Å²) < 4.78 is 58.7. The molecule has 0 saturated heterocycles. The number of anilines is 2. The van der Waals surface area contributed by atoms with Gasteiger partial charge in [-0.15, -0.1) is 0 Å². The van der Waals surface area contributed by atoms with Gasteiger partial charge in [-0.2, -0.15) is 18.2 Å². The SMILES string of the molecule is CCc1nc(Nc2cccc3c2C[C@H](O)CC3)oc1-c1ccc(C(F)(F)F)cc1F. The molecule has 4 rings (SSSR count). The molecule has 3 aromatic rings. The Labute approximate surface area is 170 Å². The van der Waals surface area contributed by atoms with Gasteiger partial charge in [-0.25, -0.2) is 4.39 Å². The van der Waals surface area contributed by atoms with Gasteiger partial charge in [-0.3, -0.25) is 0 Å². The normalized spacial score (nSPS) is 16.4. The van der Waals surface area contributed by atoms with Crippen LogP contribution in [0.2, 0.25) is 0 Å². The number of halogens is 4. The van der Waals surface area contributed by atoms with Crippen LogP contribution in [-0.2, 0) is 25.4 Å². The van der Waals surface area contributed by atoms with E-state index in [9.17, 15) is 22.7 Å². The predicted octanol–water partition coefficient (Wildman–Crippen LogP) is 5.66. The van der Waals surface area contributed by atoms with E-state index >= 15 is 0 Å². The van der Waals surface area contributed by atoms with Crippen molar-refractivity contribution >= 4 is 11.7 Å². The molecule has 2 aromatic carbocycles. The molecule has 0 bridgehead atoms. The van der Waals surface area contributed by atoms with Crippen LogP contribution in [0.15, 0.2) is 40.8 Å². The van der Waals surface area contributed by atoms with E-state index in [1.54, 1.807) is 6.92 Å². The minimum Gasteiger partial charge on any atom is -0.423 e. The average Bonchev–Trinajstić information content (AvgIpc) is 3.10. The number of benzene rings is 2. The molecular formula is C22H20F4N2O2. The lowest BCUT2D eigenvalue weighted by Crippen LogP contribution is -2.19. The van der Waals surface area contributed by atoms with E-state index < -0.39 is 23.7 Å². The predicted molar refractivity (Wildman–Crippen MR) is 104 cm³/mol. The first-order valence-corrected chi connectivity index (χ1v) is 9.69. The molecular weight excluding hydrogens is 400 g/mol. The maximum Gasteiger partial charge on any atom is 0.416 e. The lowest BCUT2D eigenvalue weighted by atomic mass is 9.88. The third-order valence-corrected chi connectivity index (χ3v) is 5.27. The van der Waals surface area contributed by atoms with Crippen LogP contribution >= 0.6 is 0 Å². The molecule has 1 aromatic heterocycles. The van der Waals surface area contributed by atoms with Crippen LogP contribution < -0.4 is 5.32 Å². The fourth-order valence-electron chi connectivity index (χ4n) is 3.73. The Kier molecular flexibility index (Phi) is 5.27. The van der Waals surface area contributed by atoms with Crippen molar-refractivity contribution in [1.82, 2.24) is 4.98 Å². The molecule has 1 aliphatic carbocycles. The number of hydrogen-bond acceptors (Lipinski definition) is 4. The van der Waals surface area contributed by atoms with Gasteiger partial charge in [0.2, 0.25) is 0 Å². The van der Waals surface area contributed by atoms with Gasteiger partial charge in [-0.05, 0) is 54.7 Å². The molecule has 158 valence electrons. The molecule has 1 aliphatic rings. The molecule has 0 radical (unpaired) electrons. The first kappa shape index (κ1) is 20.4. The van der Waals surface area contributed by atoms with Crippen molar-refractivity contribution in [2.45, 2.75) is 44.9 Å². The van der Waals surface area contributed by atoms with Crippen molar-refractivity contribution in [3.8, 4) is 11.3 Å². The number of fused-ring (bicyclic) bond motifs is 1. The van der Waals surface area contributed by atoms with Crippen molar-refractivity contribution in [3.63, 3.8) is 0 Å². The first-order valence-electron chi connectivity index (χ1n) is 9.69. The average molecular weight is 420 g/mol. The van der Waals surface area contributed by atoms with E-state index in [-0.39, 0.29) is 17.3 Å². The molecule has 30 heavy (non-hydrogen) atoms. The highest BCUT2D eigenvalue weighted by Crippen LogP contribution is 2.36. The minimum atomic E-state index is -4.63. The number of hydrogen-bond donors (Lipinski definition) is 2. The lowest BCUT2D eigenvalue weighted by molar-refractivity contribution is -0.137. The number of nitrogens with zero attached hydrogens (tertiary/aromatic N) is 1. The van der Waals surface area contributed by atoms with Crippen LogP contribution in [0.5, 0.6) is 0 Å². The van der Waals surface area contributed by atoms with Gasteiger partial charge in [0.25, 0.3) is 6.01 Å².